The molecule has 2 N–H and O–H groups in total. The molecule has 1 saturated heterocycles. The predicted octanol–water partition coefficient (Wildman–Crippen LogP) is 2.82. The predicted molar refractivity (Wildman–Crippen MR) is 99.7 cm³/mol. The molecule has 2 heterocycles. The highest BCUT2D eigenvalue weighted by Gasteiger charge is 2.30. The van der Waals surface area contributed by atoms with Crippen LogP contribution in [0.5, 0.6) is 0 Å². The first-order valence-corrected chi connectivity index (χ1v) is 8.98. The molecule has 140 valence electrons. The van der Waals surface area contributed by atoms with E-state index in [1.165, 1.54) is 0 Å². The van der Waals surface area contributed by atoms with E-state index in [2.05, 4.69) is 15.7 Å². The summed E-state index contributed by atoms with van der Waals surface area (Å²) in [6.07, 6.45) is 1.61. The number of hydrogen-bond donors (Lipinski definition) is 2. The van der Waals surface area contributed by atoms with E-state index in [9.17, 15) is 4.79 Å². The Kier molecular flexibility index (Phi) is 6.13. The molecule has 1 aromatic heterocycles. The van der Waals surface area contributed by atoms with Gasteiger partial charge in [-0.15, -0.1) is 0 Å². The molecule has 8 heteroatoms. The minimum Gasteiger partial charge on any atom is -0.376 e. The topological polar surface area (TPSA) is 77.4 Å². The smallest absolute Gasteiger partial charge is 0.320 e. The maximum atomic E-state index is 12.4. The summed E-state index contributed by atoms with van der Waals surface area (Å²) in [7, 11) is 0. The number of nitrogens with zero attached hydrogens (tertiary/aromatic N) is 2. The van der Waals surface area contributed by atoms with Crippen LogP contribution in [-0.2, 0) is 16.0 Å². The number of nitrogens with one attached hydrogen (secondary N) is 2. The molecule has 2 aromatic rings. The van der Waals surface area contributed by atoms with Crippen molar-refractivity contribution in [1.82, 2.24) is 15.1 Å². The second-order valence-electron chi connectivity index (χ2n) is 6.20. The van der Waals surface area contributed by atoms with Gasteiger partial charge in [-0.05, 0) is 31.5 Å². The molecule has 0 bridgehead atoms. The molecule has 2 atom stereocenters. The monoisotopic (exact) mass is 378 g/mol. The van der Waals surface area contributed by atoms with Crippen molar-refractivity contribution in [3.8, 4) is 0 Å². The Morgan fingerprint density at radius 1 is 1.38 bits per heavy atom. The molecule has 1 aliphatic heterocycles. The van der Waals surface area contributed by atoms with Crippen molar-refractivity contribution in [2.24, 2.45) is 0 Å². The Hall–Kier alpha value is -2.09. The van der Waals surface area contributed by atoms with Crippen LogP contribution in [0.25, 0.3) is 0 Å². The molecular formula is C18H23ClN4O3. The number of urea groups is 1. The van der Waals surface area contributed by atoms with Gasteiger partial charge >= 0.3 is 6.03 Å². The number of anilines is 1. The van der Waals surface area contributed by atoms with Crippen LogP contribution >= 0.6 is 11.6 Å². The van der Waals surface area contributed by atoms with E-state index in [4.69, 9.17) is 21.1 Å². The third kappa shape index (κ3) is 4.55. The highest BCUT2D eigenvalue weighted by atomic mass is 35.5. The third-order valence-corrected chi connectivity index (χ3v) is 4.48. The summed E-state index contributed by atoms with van der Waals surface area (Å²) in [5.74, 6) is 0.657. The Balaban J connectivity index is 1.65. The second kappa shape index (κ2) is 8.53. The normalized spacial score (nSPS) is 19.5. The highest BCUT2D eigenvalue weighted by molar-refractivity contribution is 6.30. The fourth-order valence-electron chi connectivity index (χ4n) is 2.88. The molecule has 2 amide bonds. The van der Waals surface area contributed by atoms with Crippen LogP contribution in [0.2, 0.25) is 5.02 Å². The zero-order valence-electron chi connectivity index (χ0n) is 14.9. The van der Waals surface area contributed by atoms with Gasteiger partial charge in [-0.3, -0.25) is 5.32 Å². The Morgan fingerprint density at radius 3 is 2.88 bits per heavy atom. The van der Waals surface area contributed by atoms with E-state index in [0.717, 1.165) is 11.1 Å². The highest BCUT2D eigenvalue weighted by Crippen LogP contribution is 2.18. The molecule has 1 aliphatic rings. The quantitative estimate of drug-likeness (QED) is 0.810. The van der Waals surface area contributed by atoms with Crippen LogP contribution in [0.15, 0.2) is 30.5 Å². The van der Waals surface area contributed by atoms with E-state index in [-0.39, 0.29) is 18.2 Å². The van der Waals surface area contributed by atoms with E-state index in [0.29, 0.717) is 37.2 Å². The first kappa shape index (κ1) is 18.7. The van der Waals surface area contributed by atoms with Gasteiger partial charge in [0.05, 0.1) is 32.0 Å². The lowest BCUT2D eigenvalue weighted by atomic mass is 10.2. The van der Waals surface area contributed by atoms with Crippen molar-refractivity contribution in [3.05, 3.63) is 46.6 Å². The van der Waals surface area contributed by atoms with Crippen molar-refractivity contribution < 1.29 is 14.3 Å². The summed E-state index contributed by atoms with van der Waals surface area (Å²) >= 11 is 5.93. The molecule has 0 spiro atoms. The molecule has 1 fully saturated rings. The lowest BCUT2D eigenvalue weighted by Crippen LogP contribution is -2.45. The van der Waals surface area contributed by atoms with Gasteiger partial charge in [0.15, 0.2) is 0 Å². The third-order valence-electron chi connectivity index (χ3n) is 4.23. The van der Waals surface area contributed by atoms with Gasteiger partial charge in [0, 0.05) is 17.2 Å². The zero-order chi connectivity index (χ0) is 18.5. The van der Waals surface area contributed by atoms with Gasteiger partial charge in [-0.1, -0.05) is 23.7 Å². The van der Waals surface area contributed by atoms with Crippen LogP contribution in [-0.4, -0.2) is 47.8 Å². The van der Waals surface area contributed by atoms with E-state index >= 15 is 0 Å². The number of aromatic nitrogens is 2. The number of ether oxygens (including phenoxy) is 2. The van der Waals surface area contributed by atoms with Crippen molar-refractivity contribution in [3.63, 3.8) is 0 Å². The molecule has 26 heavy (non-hydrogen) atoms. The van der Waals surface area contributed by atoms with Gasteiger partial charge in [0.1, 0.15) is 11.9 Å². The average Bonchev–Trinajstić information content (AvgIpc) is 3.18. The minimum atomic E-state index is -0.300. The molecular weight excluding hydrogens is 356 g/mol. The molecule has 7 nitrogen and oxygen atoms in total. The first-order valence-electron chi connectivity index (χ1n) is 8.60. The van der Waals surface area contributed by atoms with E-state index in [1.54, 1.807) is 10.9 Å². The maximum absolute atomic E-state index is 12.4. The summed E-state index contributed by atoms with van der Waals surface area (Å²) in [5, 5.41) is 10.9. The van der Waals surface area contributed by atoms with Crippen molar-refractivity contribution >= 4 is 23.4 Å². The summed E-state index contributed by atoms with van der Waals surface area (Å²) in [5.41, 5.74) is 1.93. The van der Waals surface area contributed by atoms with Crippen molar-refractivity contribution in [1.29, 1.82) is 0 Å². The number of carbonyl (C=O) groups is 1. The average molecular weight is 379 g/mol. The molecule has 1 aromatic carbocycles. The van der Waals surface area contributed by atoms with Crippen molar-refractivity contribution in [2.75, 3.05) is 25.1 Å². The largest absolute Gasteiger partial charge is 0.376 e. The number of aryl methyl sites for hydroxylation is 1. The maximum Gasteiger partial charge on any atom is 0.320 e. The van der Waals surface area contributed by atoms with Crippen LogP contribution in [0.4, 0.5) is 10.6 Å². The summed E-state index contributed by atoms with van der Waals surface area (Å²) < 4.78 is 12.7. The molecule has 0 unspecified atom stereocenters. The molecule has 3 rings (SSSR count). The fraction of sp³-hybridized carbons (Fsp3) is 0.444. The Morgan fingerprint density at radius 2 is 2.15 bits per heavy atom. The number of carbonyl (C=O) groups excluding carboxylic acids is 1. The number of halogens is 1. The fourth-order valence-corrected chi connectivity index (χ4v) is 3.01. The van der Waals surface area contributed by atoms with E-state index in [1.807, 2.05) is 38.1 Å². The van der Waals surface area contributed by atoms with Crippen LogP contribution in [0, 0.1) is 6.92 Å². The zero-order valence-corrected chi connectivity index (χ0v) is 15.6. The van der Waals surface area contributed by atoms with Crippen molar-refractivity contribution in [2.45, 2.75) is 32.5 Å². The molecule has 0 radical (unpaired) electrons. The van der Waals surface area contributed by atoms with E-state index < -0.39 is 0 Å². The molecule has 0 saturated carbocycles. The van der Waals surface area contributed by atoms with Crippen LogP contribution in [0.1, 0.15) is 18.1 Å². The number of hydrogen-bond acceptors (Lipinski definition) is 4. The van der Waals surface area contributed by atoms with Gasteiger partial charge < -0.3 is 14.8 Å². The van der Waals surface area contributed by atoms with Gasteiger partial charge in [-0.25, -0.2) is 9.48 Å². The standard InChI is InChI=1S/C18H23ClN4O3/c1-3-26-16-11-25-10-15(16)21-18(24)22-17-12(2)8-20-23(17)9-13-4-6-14(19)7-5-13/h4-8,15-16H,3,9-11H2,1-2H3,(H2,21,22,24)/t15-,16-/m1/s1. The number of benzene rings is 1. The minimum absolute atomic E-state index is 0.120. The lowest BCUT2D eigenvalue weighted by molar-refractivity contribution is 0.0428. The summed E-state index contributed by atoms with van der Waals surface area (Å²) in [4.78, 5) is 12.4. The SMILES string of the molecule is CCO[C@@H]1COC[C@H]1NC(=O)Nc1c(C)cnn1Cc1ccc(Cl)cc1. The van der Waals surface area contributed by atoms with Gasteiger partial charge in [0.25, 0.3) is 0 Å². The number of amides is 2. The molecule has 0 aliphatic carbocycles. The van der Waals surface area contributed by atoms with Crippen LogP contribution in [0.3, 0.4) is 0 Å². The summed E-state index contributed by atoms with van der Waals surface area (Å²) in [6.45, 7) is 5.89. The number of rotatable bonds is 6. The summed E-state index contributed by atoms with van der Waals surface area (Å²) in [6, 6.07) is 7.08. The Labute approximate surface area is 157 Å². The van der Waals surface area contributed by atoms with Gasteiger partial charge in [0.2, 0.25) is 0 Å². The van der Waals surface area contributed by atoms with Gasteiger partial charge in [-0.2, -0.15) is 5.10 Å². The Bertz CT molecular complexity index is 747. The second-order valence-corrected chi connectivity index (χ2v) is 6.63. The lowest BCUT2D eigenvalue weighted by Gasteiger charge is -2.19. The first-order chi connectivity index (χ1) is 12.6. The van der Waals surface area contributed by atoms with Crippen LogP contribution < -0.4 is 10.6 Å².